The highest BCUT2D eigenvalue weighted by molar-refractivity contribution is 7.91. The van der Waals surface area contributed by atoms with Gasteiger partial charge in [-0.15, -0.1) is 0 Å². The summed E-state index contributed by atoms with van der Waals surface area (Å²) in [4.78, 5) is 28.5. The molecule has 186 valence electrons. The van der Waals surface area contributed by atoms with Gasteiger partial charge in [-0.1, -0.05) is 23.7 Å². The Balaban J connectivity index is 1.62. The zero-order chi connectivity index (χ0) is 25.2. The van der Waals surface area contributed by atoms with E-state index in [0.717, 1.165) is 22.1 Å². The number of fused-ring (bicyclic) bond motifs is 1. The van der Waals surface area contributed by atoms with Gasteiger partial charge in [0.1, 0.15) is 13.1 Å². The van der Waals surface area contributed by atoms with E-state index in [-0.39, 0.29) is 32.3 Å². The van der Waals surface area contributed by atoms with Gasteiger partial charge in [-0.05, 0) is 53.3 Å². The first kappa shape index (κ1) is 25.5. The molecule has 0 bridgehead atoms. The Kier molecular flexibility index (Phi) is 7.43. The third-order valence-electron chi connectivity index (χ3n) is 6.19. The number of nitrogens with one attached hydrogen (secondary N) is 1. The van der Waals surface area contributed by atoms with E-state index in [1.807, 2.05) is 6.92 Å². The highest BCUT2D eigenvalue weighted by Crippen LogP contribution is 2.30. The van der Waals surface area contributed by atoms with E-state index in [1.165, 1.54) is 6.07 Å². The van der Waals surface area contributed by atoms with Crippen LogP contribution in [-0.2, 0) is 21.2 Å². The fourth-order valence-electron chi connectivity index (χ4n) is 4.27. The monoisotopic (exact) mass is 536 g/mol. The molecule has 1 aliphatic rings. The number of carbonyl (C=O) groups is 2. The summed E-state index contributed by atoms with van der Waals surface area (Å²) in [6.07, 6.45) is 0.0129. The molecule has 1 aliphatic heterocycles. The summed E-state index contributed by atoms with van der Waals surface area (Å²) in [5.41, 5.74) is 0. The van der Waals surface area contributed by atoms with E-state index in [0.29, 0.717) is 42.7 Å². The fourth-order valence-corrected chi connectivity index (χ4v) is 6.95. The molecule has 3 aromatic rings. The van der Waals surface area contributed by atoms with Crippen molar-refractivity contribution in [2.24, 2.45) is 4.99 Å². The van der Waals surface area contributed by atoms with Crippen molar-refractivity contribution in [2.75, 3.05) is 31.9 Å². The number of benzene rings is 2. The number of quaternary nitrogens is 1. The third-order valence-corrected chi connectivity index (χ3v) is 9.31. The van der Waals surface area contributed by atoms with Crippen molar-refractivity contribution in [3.8, 4) is 0 Å². The number of amides is 2. The number of aryl methyl sites for hydroxylation is 1. The van der Waals surface area contributed by atoms with Crippen LogP contribution in [0.1, 0.15) is 13.3 Å². The smallest absolute Gasteiger partial charge is 0.320 e. The van der Waals surface area contributed by atoms with Crippen molar-refractivity contribution in [1.82, 2.24) is 14.4 Å². The lowest BCUT2D eigenvalue weighted by atomic mass is 10.1. The quantitative estimate of drug-likeness (QED) is 0.480. The molecular weight excluding hydrogens is 512 g/mol. The molecule has 1 aromatic heterocycles. The number of hydrogen-bond donors (Lipinski definition) is 1. The van der Waals surface area contributed by atoms with Gasteiger partial charge in [-0.3, -0.25) is 0 Å². The van der Waals surface area contributed by atoms with Crippen LogP contribution in [0.5, 0.6) is 0 Å². The van der Waals surface area contributed by atoms with E-state index in [9.17, 15) is 23.1 Å². The van der Waals surface area contributed by atoms with Gasteiger partial charge >= 0.3 is 5.91 Å². The minimum absolute atomic E-state index is 0.0496. The Morgan fingerprint density at radius 2 is 1.86 bits per heavy atom. The predicted octanol–water partition coefficient (Wildman–Crippen LogP) is 1.92. The number of halogens is 1. The van der Waals surface area contributed by atoms with Crippen LogP contribution in [0.15, 0.2) is 52.5 Å². The number of hydrogen-bond acceptors (Lipinski definition) is 7. The van der Waals surface area contributed by atoms with Crippen molar-refractivity contribution in [3.63, 3.8) is 0 Å². The summed E-state index contributed by atoms with van der Waals surface area (Å²) in [5, 5.41) is 17.1. The van der Waals surface area contributed by atoms with Gasteiger partial charge in [0, 0.05) is 24.7 Å². The van der Waals surface area contributed by atoms with Gasteiger partial charge in [-0.2, -0.15) is 0 Å². The van der Waals surface area contributed by atoms with Crippen molar-refractivity contribution in [3.05, 3.63) is 52.4 Å². The zero-order valence-corrected chi connectivity index (χ0v) is 21.5. The second-order valence-corrected chi connectivity index (χ2v) is 11.8. The van der Waals surface area contributed by atoms with Gasteiger partial charge in [0.2, 0.25) is 5.00 Å². The summed E-state index contributed by atoms with van der Waals surface area (Å²) in [7, 11) is -3.71. The van der Waals surface area contributed by atoms with Crippen molar-refractivity contribution < 1.29 is 23.1 Å². The maximum absolute atomic E-state index is 13.6. The molecule has 0 radical (unpaired) electrons. The molecule has 4 rings (SSSR count). The molecule has 35 heavy (non-hydrogen) atoms. The Hall–Kier alpha value is -2.57. The molecule has 1 saturated heterocycles. The van der Waals surface area contributed by atoms with E-state index in [4.69, 9.17) is 11.6 Å². The second-order valence-electron chi connectivity index (χ2n) is 8.30. The van der Waals surface area contributed by atoms with Crippen LogP contribution in [0, 0.1) is 0 Å². The number of piperazine rings is 1. The van der Waals surface area contributed by atoms with Gasteiger partial charge in [-0.25, -0.2) is 22.7 Å². The van der Waals surface area contributed by atoms with Crippen molar-refractivity contribution in [1.29, 1.82) is 0 Å². The predicted molar refractivity (Wildman–Crippen MR) is 134 cm³/mol. The van der Waals surface area contributed by atoms with Crippen molar-refractivity contribution in [2.45, 2.75) is 24.8 Å². The summed E-state index contributed by atoms with van der Waals surface area (Å²) in [6.45, 7) is 4.33. The summed E-state index contributed by atoms with van der Waals surface area (Å²) in [5.74, 6) is -0.555. The maximum atomic E-state index is 13.6. The number of rotatable bonds is 6. The lowest BCUT2D eigenvalue weighted by molar-refractivity contribution is -0.245. The summed E-state index contributed by atoms with van der Waals surface area (Å²) >= 11 is 7.13. The molecule has 0 aliphatic carbocycles. The molecular formula is C23H25ClN4O5S2. The molecule has 0 atom stereocenters. The molecule has 1 fully saturated rings. The largest absolute Gasteiger partial charge is 0.528 e. The molecule has 2 heterocycles. The number of carboxylic acid groups (broad SMARTS) is 1. The van der Waals surface area contributed by atoms with E-state index in [2.05, 4.69) is 10.3 Å². The number of sulfone groups is 1. The first-order valence-electron chi connectivity index (χ1n) is 11.1. The van der Waals surface area contributed by atoms with Gasteiger partial charge in [0.15, 0.2) is 20.7 Å². The Bertz CT molecular complexity index is 1460. The van der Waals surface area contributed by atoms with Crippen molar-refractivity contribution >= 4 is 60.5 Å². The van der Waals surface area contributed by atoms with E-state index in [1.54, 1.807) is 41.1 Å². The Morgan fingerprint density at radius 1 is 1.17 bits per heavy atom. The number of nitrogens with zero attached hydrogens (tertiary/aromatic N) is 3. The zero-order valence-electron chi connectivity index (χ0n) is 19.1. The lowest BCUT2D eigenvalue weighted by Crippen LogP contribution is -2.63. The maximum Gasteiger partial charge on any atom is 0.320 e. The van der Waals surface area contributed by atoms with Crippen LogP contribution in [0.25, 0.3) is 10.8 Å². The molecule has 0 unspecified atom stereocenters. The van der Waals surface area contributed by atoms with Crippen LogP contribution < -0.4 is 19.7 Å². The lowest BCUT2D eigenvalue weighted by Gasteiger charge is -2.37. The topological polar surface area (TPSA) is 121 Å². The van der Waals surface area contributed by atoms with Gasteiger partial charge in [0.05, 0.1) is 23.3 Å². The van der Waals surface area contributed by atoms with Crippen LogP contribution in [0.3, 0.4) is 0 Å². The van der Waals surface area contributed by atoms with Crippen LogP contribution in [-0.4, -0.2) is 56.9 Å². The average Bonchev–Trinajstić information content (AvgIpc) is 3.25. The summed E-state index contributed by atoms with van der Waals surface area (Å²) < 4.78 is 27.8. The SMILES string of the molecule is CCn1cc([N+]2(C(=O)CCS(=O)(=O)c3ccc4cc(Cl)ccc4c3)CCNCC2)sc1=NC(=O)[O-]. The molecule has 2 amide bonds. The third kappa shape index (κ3) is 5.34. The van der Waals surface area contributed by atoms with Gasteiger partial charge < -0.3 is 19.8 Å². The molecule has 9 nitrogen and oxygen atoms in total. The minimum Gasteiger partial charge on any atom is -0.528 e. The second kappa shape index (κ2) is 10.2. The molecule has 0 saturated carbocycles. The van der Waals surface area contributed by atoms with Gasteiger partial charge in [0.25, 0.3) is 0 Å². The number of aromatic nitrogens is 1. The molecule has 0 spiro atoms. The fraction of sp³-hybridized carbons (Fsp3) is 0.348. The number of carbonyl (C=O) groups excluding carboxylic acids is 2. The van der Waals surface area contributed by atoms with E-state index >= 15 is 0 Å². The van der Waals surface area contributed by atoms with E-state index < -0.39 is 15.9 Å². The van der Waals surface area contributed by atoms with Crippen LogP contribution >= 0.6 is 22.9 Å². The Labute approximate surface area is 211 Å². The minimum atomic E-state index is -3.71. The first-order chi connectivity index (χ1) is 16.6. The number of thiazole rings is 1. The first-order valence-corrected chi connectivity index (χ1v) is 14.0. The highest BCUT2D eigenvalue weighted by Gasteiger charge is 2.42. The highest BCUT2D eigenvalue weighted by atomic mass is 35.5. The normalized spacial score (nSPS) is 16.5. The van der Waals surface area contributed by atoms with Crippen LogP contribution in [0.4, 0.5) is 9.80 Å². The standard InChI is InChI=1S/C23H25ClN4O5S2/c1-2-27-15-21(34-22(27)26-23(30)31)28(10-8-25-9-11-28)20(29)7-12-35(32,33)19-6-4-16-13-18(24)5-3-17(16)14-19/h3-6,13-15,25H,2,7-12H2,1H3. The summed E-state index contributed by atoms with van der Waals surface area (Å²) in [6, 6.07) is 10.1. The molecule has 12 heteroatoms. The molecule has 1 N–H and O–H groups in total. The average molecular weight is 537 g/mol. The Morgan fingerprint density at radius 3 is 2.54 bits per heavy atom. The van der Waals surface area contributed by atoms with Crippen LogP contribution in [0.2, 0.25) is 5.02 Å². The molecule has 2 aromatic carbocycles.